The first-order chi connectivity index (χ1) is 11.1. The van der Waals surface area contributed by atoms with Crippen molar-refractivity contribution in [3.63, 3.8) is 0 Å². The van der Waals surface area contributed by atoms with Crippen LogP contribution in [0.4, 0.5) is 0 Å². The van der Waals surface area contributed by atoms with Crippen LogP contribution in [0.1, 0.15) is 30.2 Å². The molecule has 0 N–H and O–H groups in total. The molecular formula is C18H20Cl2N2O. The number of piperidine rings is 1. The lowest BCUT2D eigenvalue weighted by Gasteiger charge is -2.34. The van der Waals surface area contributed by atoms with Gasteiger partial charge >= 0.3 is 0 Å². The van der Waals surface area contributed by atoms with E-state index in [0.29, 0.717) is 12.5 Å². The highest BCUT2D eigenvalue weighted by atomic mass is 35.5. The van der Waals surface area contributed by atoms with Crippen LogP contribution in [0.5, 0.6) is 5.75 Å². The molecule has 0 spiro atoms. The lowest BCUT2D eigenvalue weighted by atomic mass is 9.89. The van der Waals surface area contributed by atoms with Gasteiger partial charge in [0.25, 0.3) is 0 Å². The zero-order valence-electron chi connectivity index (χ0n) is 13.1. The summed E-state index contributed by atoms with van der Waals surface area (Å²) < 4.78 is 8.61. The fourth-order valence-corrected chi connectivity index (χ4v) is 4.15. The maximum absolute atomic E-state index is 6.47. The summed E-state index contributed by atoms with van der Waals surface area (Å²) in [5, 5.41) is 1.48. The summed E-state index contributed by atoms with van der Waals surface area (Å²) in [4.78, 5) is 2.38. The minimum absolute atomic E-state index is 0.0379. The van der Waals surface area contributed by atoms with E-state index in [0.717, 1.165) is 53.1 Å². The SMILES string of the molecule is CN1CCC(C2Oc3cccc(Cl)c3Cn3c(Cl)ccc32)CC1. The molecule has 1 aromatic heterocycles. The molecule has 3 heterocycles. The molecule has 5 heteroatoms. The third kappa shape index (κ3) is 2.75. The average Bonchev–Trinajstić information content (AvgIpc) is 2.80. The Balaban J connectivity index is 1.76. The number of likely N-dealkylation sites (tertiary alicyclic amines) is 1. The van der Waals surface area contributed by atoms with Crippen LogP contribution in [0.2, 0.25) is 10.2 Å². The molecule has 2 aliphatic rings. The molecule has 1 fully saturated rings. The lowest BCUT2D eigenvalue weighted by Crippen LogP contribution is -2.34. The topological polar surface area (TPSA) is 17.4 Å². The second-order valence-electron chi connectivity index (χ2n) is 6.56. The molecule has 0 amide bonds. The second kappa shape index (κ2) is 6.04. The Morgan fingerprint density at radius 3 is 2.65 bits per heavy atom. The Morgan fingerprint density at radius 2 is 1.87 bits per heavy atom. The first-order valence-electron chi connectivity index (χ1n) is 8.11. The zero-order chi connectivity index (χ0) is 16.0. The van der Waals surface area contributed by atoms with Crippen LogP contribution < -0.4 is 4.74 Å². The summed E-state index contributed by atoms with van der Waals surface area (Å²) in [5.41, 5.74) is 2.18. The number of halogens is 2. The largest absolute Gasteiger partial charge is 0.484 e. The first kappa shape index (κ1) is 15.4. The van der Waals surface area contributed by atoms with Gasteiger partial charge in [0.2, 0.25) is 0 Å². The number of benzene rings is 1. The summed E-state index contributed by atoms with van der Waals surface area (Å²) in [6.07, 6.45) is 2.32. The highest BCUT2D eigenvalue weighted by Crippen LogP contribution is 2.41. The molecule has 1 unspecified atom stereocenters. The molecule has 122 valence electrons. The average molecular weight is 351 g/mol. The molecule has 1 saturated heterocycles. The van der Waals surface area contributed by atoms with E-state index in [2.05, 4.69) is 22.6 Å². The van der Waals surface area contributed by atoms with Crippen LogP contribution in [-0.4, -0.2) is 29.6 Å². The fraction of sp³-hybridized carbons (Fsp3) is 0.444. The van der Waals surface area contributed by atoms with E-state index < -0.39 is 0 Å². The van der Waals surface area contributed by atoms with E-state index in [4.69, 9.17) is 27.9 Å². The number of rotatable bonds is 1. The van der Waals surface area contributed by atoms with Gasteiger partial charge in [-0.15, -0.1) is 0 Å². The van der Waals surface area contributed by atoms with E-state index >= 15 is 0 Å². The molecule has 0 radical (unpaired) electrons. The molecular weight excluding hydrogens is 331 g/mol. The molecule has 2 aliphatic heterocycles. The van der Waals surface area contributed by atoms with Gasteiger partial charge in [-0.3, -0.25) is 0 Å². The van der Waals surface area contributed by atoms with Gasteiger partial charge in [-0.05, 0) is 57.2 Å². The third-order valence-corrected chi connectivity index (χ3v) is 5.77. The van der Waals surface area contributed by atoms with Crippen molar-refractivity contribution in [1.82, 2.24) is 9.47 Å². The normalized spacial score (nSPS) is 22.1. The van der Waals surface area contributed by atoms with Crippen LogP contribution in [0.15, 0.2) is 30.3 Å². The molecule has 3 nitrogen and oxygen atoms in total. The summed E-state index contributed by atoms with van der Waals surface area (Å²) in [6.45, 7) is 2.89. The van der Waals surface area contributed by atoms with Crippen molar-refractivity contribution >= 4 is 23.2 Å². The maximum Gasteiger partial charge on any atom is 0.141 e. The minimum atomic E-state index is 0.0379. The van der Waals surface area contributed by atoms with E-state index in [9.17, 15) is 0 Å². The van der Waals surface area contributed by atoms with Crippen molar-refractivity contribution in [2.45, 2.75) is 25.5 Å². The van der Waals surface area contributed by atoms with E-state index in [1.54, 1.807) is 0 Å². The van der Waals surface area contributed by atoms with Crippen LogP contribution >= 0.6 is 23.2 Å². The van der Waals surface area contributed by atoms with Crippen LogP contribution in [0.3, 0.4) is 0 Å². The molecule has 1 aromatic carbocycles. The van der Waals surface area contributed by atoms with Gasteiger partial charge in [0.05, 0.1) is 12.2 Å². The van der Waals surface area contributed by atoms with Crippen molar-refractivity contribution in [2.75, 3.05) is 20.1 Å². The van der Waals surface area contributed by atoms with Crippen molar-refractivity contribution in [1.29, 1.82) is 0 Å². The molecule has 23 heavy (non-hydrogen) atoms. The predicted octanol–water partition coefficient (Wildman–Crippen LogP) is 4.62. The monoisotopic (exact) mass is 350 g/mol. The van der Waals surface area contributed by atoms with Crippen LogP contribution in [0.25, 0.3) is 0 Å². The van der Waals surface area contributed by atoms with Crippen LogP contribution in [0, 0.1) is 5.92 Å². The van der Waals surface area contributed by atoms with Gasteiger partial charge in [-0.2, -0.15) is 0 Å². The second-order valence-corrected chi connectivity index (χ2v) is 7.36. The molecule has 2 aromatic rings. The highest BCUT2D eigenvalue weighted by molar-refractivity contribution is 6.31. The Hall–Kier alpha value is -1.16. The van der Waals surface area contributed by atoms with Gasteiger partial charge in [-0.1, -0.05) is 29.3 Å². The molecule has 0 bridgehead atoms. The standard InChI is InChI=1S/C18H20Cl2N2O/c1-21-9-7-12(8-10-21)18-15-5-6-17(20)22(15)11-13-14(19)3-2-4-16(13)23-18/h2-6,12,18H,7-11H2,1H3. The number of fused-ring (bicyclic) bond motifs is 2. The zero-order valence-corrected chi connectivity index (χ0v) is 14.6. The van der Waals surface area contributed by atoms with Crippen molar-refractivity contribution in [3.8, 4) is 5.75 Å². The summed E-state index contributed by atoms with van der Waals surface area (Å²) >= 11 is 12.8. The Morgan fingerprint density at radius 1 is 1.09 bits per heavy atom. The van der Waals surface area contributed by atoms with Crippen molar-refractivity contribution in [2.24, 2.45) is 5.92 Å². The first-order valence-corrected chi connectivity index (χ1v) is 8.86. The summed E-state index contributed by atoms with van der Waals surface area (Å²) in [7, 11) is 2.18. The molecule has 0 aliphatic carbocycles. The number of hydrogen-bond acceptors (Lipinski definition) is 2. The van der Waals surface area contributed by atoms with Gasteiger partial charge in [0.1, 0.15) is 17.0 Å². The van der Waals surface area contributed by atoms with Crippen molar-refractivity contribution in [3.05, 3.63) is 51.8 Å². The number of aromatic nitrogens is 1. The maximum atomic E-state index is 6.47. The van der Waals surface area contributed by atoms with Crippen molar-refractivity contribution < 1.29 is 4.74 Å². The Bertz CT molecular complexity index is 720. The highest BCUT2D eigenvalue weighted by Gasteiger charge is 2.33. The Labute approximate surface area is 146 Å². The number of nitrogens with zero attached hydrogens (tertiary/aromatic N) is 2. The van der Waals surface area contributed by atoms with E-state index in [1.165, 1.54) is 0 Å². The van der Waals surface area contributed by atoms with E-state index in [1.807, 2.05) is 24.3 Å². The van der Waals surface area contributed by atoms with Gasteiger partial charge < -0.3 is 14.2 Å². The molecule has 1 atom stereocenters. The fourth-order valence-electron chi connectivity index (χ4n) is 3.70. The van der Waals surface area contributed by atoms with Gasteiger partial charge in [0, 0.05) is 16.5 Å². The third-order valence-electron chi connectivity index (χ3n) is 5.09. The lowest BCUT2D eigenvalue weighted by molar-refractivity contribution is 0.0823. The van der Waals surface area contributed by atoms with Crippen LogP contribution in [-0.2, 0) is 6.54 Å². The molecule has 4 rings (SSSR count). The quantitative estimate of drug-likeness (QED) is 0.746. The molecule has 0 saturated carbocycles. The summed E-state index contributed by atoms with van der Waals surface area (Å²) in [5.74, 6) is 1.39. The number of ether oxygens (including phenoxy) is 1. The Kier molecular flexibility index (Phi) is 4.04. The van der Waals surface area contributed by atoms with Gasteiger partial charge in [0.15, 0.2) is 0 Å². The number of hydrogen-bond donors (Lipinski definition) is 0. The minimum Gasteiger partial charge on any atom is -0.484 e. The van der Waals surface area contributed by atoms with E-state index in [-0.39, 0.29) is 6.10 Å². The van der Waals surface area contributed by atoms with Gasteiger partial charge in [-0.25, -0.2) is 0 Å². The predicted molar refractivity (Wildman–Crippen MR) is 93.6 cm³/mol. The summed E-state index contributed by atoms with van der Waals surface area (Å²) in [6, 6.07) is 9.95. The smallest absolute Gasteiger partial charge is 0.141 e.